The molecule has 0 unspecified atom stereocenters. The van der Waals surface area contributed by atoms with Gasteiger partial charge in [0.1, 0.15) is 23.1 Å². The summed E-state index contributed by atoms with van der Waals surface area (Å²) in [6.07, 6.45) is 3.80. The lowest BCUT2D eigenvalue weighted by molar-refractivity contribution is 0.416. The minimum atomic E-state index is 0.758. The standard InChI is InChI=1S/C32H26N4O2/c1-37-29-19-11-9-17-25(29)31-33-21-27(35(31)23-13-5-3-6-14-23)28-22-34-32(26-18-10-12-20-30(26)38-2)36(28)24-15-7-4-8-16-24/h3-22H,1-2H3. The molecule has 0 amide bonds. The van der Waals surface area contributed by atoms with Crippen LogP contribution in [0.4, 0.5) is 0 Å². The molecule has 0 saturated heterocycles. The monoisotopic (exact) mass is 498 g/mol. The molecule has 0 N–H and O–H groups in total. The number of hydrogen-bond donors (Lipinski definition) is 0. The Kier molecular flexibility index (Phi) is 6.20. The molecule has 4 aromatic carbocycles. The number of ether oxygens (including phenoxy) is 2. The van der Waals surface area contributed by atoms with E-state index in [-0.39, 0.29) is 0 Å². The third kappa shape index (κ3) is 4.02. The summed E-state index contributed by atoms with van der Waals surface area (Å²) in [5.74, 6) is 3.08. The quantitative estimate of drug-likeness (QED) is 0.236. The van der Waals surface area contributed by atoms with Crippen LogP contribution in [0.1, 0.15) is 0 Å². The number of aromatic nitrogens is 4. The molecule has 6 heteroatoms. The Balaban J connectivity index is 1.65. The highest BCUT2D eigenvalue weighted by atomic mass is 16.5. The molecular weight excluding hydrogens is 472 g/mol. The Morgan fingerprint density at radius 3 is 1.24 bits per heavy atom. The number of hydrogen-bond acceptors (Lipinski definition) is 4. The van der Waals surface area contributed by atoms with Crippen LogP contribution in [0.25, 0.3) is 45.5 Å². The van der Waals surface area contributed by atoms with Crippen LogP contribution in [0.5, 0.6) is 11.5 Å². The number of para-hydroxylation sites is 4. The van der Waals surface area contributed by atoms with Crippen LogP contribution in [0.3, 0.4) is 0 Å². The van der Waals surface area contributed by atoms with Crippen molar-refractivity contribution in [3.8, 4) is 57.0 Å². The Labute approximate surface area is 221 Å². The highest BCUT2D eigenvalue weighted by Gasteiger charge is 2.23. The van der Waals surface area contributed by atoms with Crippen molar-refractivity contribution in [3.05, 3.63) is 122 Å². The molecule has 0 bridgehead atoms. The lowest BCUT2D eigenvalue weighted by atomic mass is 10.1. The van der Waals surface area contributed by atoms with Gasteiger partial charge in [-0.15, -0.1) is 0 Å². The summed E-state index contributed by atoms with van der Waals surface area (Å²) < 4.78 is 15.7. The van der Waals surface area contributed by atoms with Crippen molar-refractivity contribution in [2.45, 2.75) is 0 Å². The van der Waals surface area contributed by atoms with Crippen molar-refractivity contribution < 1.29 is 9.47 Å². The number of benzene rings is 4. The molecule has 0 aliphatic carbocycles. The SMILES string of the molecule is COc1ccccc1-c1ncc(-c2cnc(-c3ccccc3OC)n2-c2ccccc2)n1-c1ccccc1. The number of nitrogens with zero attached hydrogens (tertiary/aromatic N) is 4. The molecule has 6 aromatic rings. The van der Waals surface area contributed by atoms with Gasteiger partial charge >= 0.3 is 0 Å². The van der Waals surface area contributed by atoms with Crippen molar-refractivity contribution in [1.29, 1.82) is 0 Å². The van der Waals surface area contributed by atoms with Gasteiger partial charge < -0.3 is 9.47 Å². The maximum Gasteiger partial charge on any atom is 0.148 e. The molecule has 0 saturated carbocycles. The molecule has 0 fully saturated rings. The van der Waals surface area contributed by atoms with Gasteiger partial charge in [0, 0.05) is 11.4 Å². The summed E-state index contributed by atoms with van der Waals surface area (Å²) in [5, 5.41) is 0. The first kappa shape index (κ1) is 23.3. The molecule has 2 aromatic heterocycles. The van der Waals surface area contributed by atoms with Crippen molar-refractivity contribution in [1.82, 2.24) is 19.1 Å². The van der Waals surface area contributed by atoms with Gasteiger partial charge in [0.05, 0.1) is 49.1 Å². The van der Waals surface area contributed by atoms with E-state index in [0.717, 1.165) is 57.0 Å². The molecule has 38 heavy (non-hydrogen) atoms. The Morgan fingerprint density at radius 2 is 0.842 bits per heavy atom. The fraction of sp³-hybridized carbons (Fsp3) is 0.0625. The molecule has 0 aliphatic heterocycles. The van der Waals surface area contributed by atoms with Gasteiger partial charge in [-0.25, -0.2) is 9.97 Å². The Hall–Kier alpha value is -5.10. The molecule has 6 nitrogen and oxygen atoms in total. The van der Waals surface area contributed by atoms with E-state index >= 15 is 0 Å². The van der Waals surface area contributed by atoms with E-state index in [0.29, 0.717) is 0 Å². The van der Waals surface area contributed by atoms with Gasteiger partial charge in [0.25, 0.3) is 0 Å². The van der Waals surface area contributed by atoms with Crippen LogP contribution in [0.15, 0.2) is 122 Å². The van der Waals surface area contributed by atoms with E-state index in [1.165, 1.54) is 0 Å². The molecule has 0 atom stereocenters. The van der Waals surface area contributed by atoms with Crippen molar-refractivity contribution in [2.75, 3.05) is 14.2 Å². The molecule has 186 valence electrons. The Bertz CT molecular complexity index is 1560. The molecule has 2 heterocycles. The lowest BCUT2D eigenvalue weighted by Gasteiger charge is -2.17. The number of rotatable bonds is 7. The minimum absolute atomic E-state index is 0.758. The zero-order valence-electron chi connectivity index (χ0n) is 21.2. The summed E-state index contributed by atoms with van der Waals surface area (Å²) in [4.78, 5) is 9.83. The van der Waals surface area contributed by atoms with Gasteiger partial charge in [0.15, 0.2) is 0 Å². The average molecular weight is 499 g/mol. The second-order valence-electron chi connectivity index (χ2n) is 8.68. The minimum Gasteiger partial charge on any atom is -0.496 e. The summed E-state index contributed by atoms with van der Waals surface area (Å²) in [6, 6.07) is 36.3. The predicted molar refractivity (Wildman–Crippen MR) is 150 cm³/mol. The second-order valence-corrected chi connectivity index (χ2v) is 8.68. The largest absolute Gasteiger partial charge is 0.496 e. The summed E-state index contributed by atoms with van der Waals surface area (Å²) in [7, 11) is 3.36. The topological polar surface area (TPSA) is 54.1 Å². The summed E-state index contributed by atoms with van der Waals surface area (Å²) in [6.45, 7) is 0. The van der Waals surface area contributed by atoms with Gasteiger partial charge in [-0.3, -0.25) is 9.13 Å². The van der Waals surface area contributed by atoms with Crippen LogP contribution in [-0.2, 0) is 0 Å². The zero-order valence-corrected chi connectivity index (χ0v) is 21.2. The van der Waals surface area contributed by atoms with Crippen LogP contribution >= 0.6 is 0 Å². The van der Waals surface area contributed by atoms with E-state index < -0.39 is 0 Å². The molecule has 0 spiro atoms. The first-order chi connectivity index (χ1) is 18.8. The number of imidazole rings is 2. The molecule has 6 rings (SSSR count). The van der Waals surface area contributed by atoms with Crippen LogP contribution in [0.2, 0.25) is 0 Å². The van der Waals surface area contributed by atoms with Crippen molar-refractivity contribution >= 4 is 0 Å². The third-order valence-electron chi connectivity index (χ3n) is 6.51. The first-order valence-corrected chi connectivity index (χ1v) is 12.3. The number of methoxy groups -OCH3 is 2. The normalized spacial score (nSPS) is 10.9. The Morgan fingerprint density at radius 1 is 0.474 bits per heavy atom. The average Bonchev–Trinajstić information content (AvgIpc) is 3.63. The van der Waals surface area contributed by atoms with Crippen LogP contribution in [0, 0.1) is 0 Å². The van der Waals surface area contributed by atoms with Crippen molar-refractivity contribution in [2.24, 2.45) is 0 Å². The van der Waals surface area contributed by atoms with E-state index in [9.17, 15) is 0 Å². The first-order valence-electron chi connectivity index (χ1n) is 12.3. The fourth-order valence-electron chi connectivity index (χ4n) is 4.78. The summed E-state index contributed by atoms with van der Waals surface area (Å²) in [5.41, 5.74) is 5.58. The maximum absolute atomic E-state index is 5.70. The predicted octanol–water partition coefficient (Wildman–Crippen LogP) is 7.08. The van der Waals surface area contributed by atoms with E-state index in [2.05, 4.69) is 33.4 Å². The van der Waals surface area contributed by atoms with Crippen LogP contribution in [-0.4, -0.2) is 33.3 Å². The molecular formula is C32H26N4O2. The zero-order chi connectivity index (χ0) is 25.9. The van der Waals surface area contributed by atoms with Gasteiger partial charge in [0.2, 0.25) is 0 Å². The maximum atomic E-state index is 5.70. The van der Waals surface area contributed by atoms with Crippen LogP contribution < -0.4 is 9.47 Å². The van der Waals surface area contributed by atoms with Gasteiger partial charge in [-0.2, -0.15) is 0 Å². The molecule has 0 radical (unpaired) electrons. The summed E-state index contributed by atoms with van der Waals surface area (Å²) >= 11 is 0. The second kappa shape index (κ2) is 10.1. The smallest absolute Gasteiger partial charge is 0.148 e. The van der Waals surface area contributed by atoms with E-state index in [4.69, 9.17) is 19.4 Å². The van der Waals surface area contributed by atoms with E-state index in [1.54, 1.807) is 14.2 Å². The highest BCUT2D eigenvalue weighted by molar-refractivity contribution is 5.76. The highest BCUT2D eigenvalue weighted by Crippen LogP contribution is 2.38. The van der Waals surface area contributed by atoms with Gasteiger partial charge in [-0.05, 0) is 48.5 Å². The van der Waals surface area contributed by atoms with Crippen molar-refractivity contribution in [3.63, 3.8) is 0 Å². The lowest BCUT2D eigenvalue weighted by Crippen LogP contribution is -2.05. The van der Waals surface area contributed by atoms with E-state index in [1.807, 2.05) is 97.3 Å². The molecule has 0 aliphatic rings. The fourth-order valence-corrected chi connectivity index (χ4v) is 4.78. The van der Waals surface area contributed by atoms with Gasteiger partial charge in [-0.1, -0.05) is 60.7 Å². The third-order valence-corrected chi connectivity index (χ3v) is 6.51.